The normalized spacial score (nSPS) is 14.4. The molecule has 0 aromatic heterocycles. The molecule has 1 aromatic carbocycles. The van der Waals surface area contributed by atoms with Gasteiger partial charge in [0.05, 0.1) is 19.8 Å². The summed E-state index contributed by atoms with van der Waals surface area (Å²) in [6.07, 6.45) is 4.35. The second-order valence-electron chi connectivity index (χ2n) is 5.17. The molecule has 0 unspecified atom stereocenters. The topological polar surface area (TPSA) is 38.8 Å². The van der Waals surface area contributed by atoms with E-state index < -0.39 is 0 Å². The van der Waals surface area contributed by atoms with Crippen LogP contribution >= 0.6 is 15.9 Å². The van der Waals surface area contributed by atoms with E-state index >= 15 is 0 Å². The maximum absolute atomic E-state index is 12.9. The number of nitrogens with zero attached hydrogens (tertiary/aromatic N) is 1. The molecule has 1 amide bonds. The van der Waals surface area contributed by atoms with Gasteiger partial charge in [0.15, 0.2) is 11.5 Å². The first-order chi connectivity index (χ1) is 10.2. The minimum Gasteiger partial charge on any atom is -0.493 e. The van der Waals surface area contributed by atoms with Crippen molar-refractivity contribution in [2.75, 3.05) is 26.1 Å². The van der Waals surface area contributed by atoms with Gasteiger partial charge in [-0.1, -0.05) is 22.0 Å². The van der Waals surface area contributed by atoms with E-state index in [2.05, 4.69) is 15.9 Å². The summed E-state index contributed by atoms with van der Waals surface area (Å²) in [6, 6.07) is 5.82. The molecule has 0 aliphatic heterocycles. The highest BCUT2D eigenvalue weighted by Gasteiger charge is 2.30. The third-order valence-corrected chi connectivity index (χ3v) is 4.50. The van der Waals surface area contributed by atoms with Crippen molar-refractivity contribution in [1.82, 2.24) is 4.90 Å². The number of hydrogen-bond donors (Lipinski definition) is 0. The molecule has 1 aliphatic rings. The van der Waals surface area contributed by atoms with Crippen molar-refractivity contribution in [3.05, 3.63) is 23.8 Å². The number of rotatable bonds is 7. The SMILES string of the molecule is COc1cccc(C(=O)N(CCCBr)C2CCC2)c1OC. The molecule has 0 radical (unpaired) electrons. The Hall–Kier alpha value is -1.23. The Kier molecular flexibility index (Phi) is 5.91. The predicted octanol–water partition coefficient (Wildman–Crippen LogP) is 3.48. The first kappa shape index (κ1) is 16.1. The molecule has 2 rings (SSSR count). The van der Waals surface area contributed by atoms with Gasteiger partial charge in [-0.05, 0) is 37.8 Å². The monoisotopic (exact) mass is 355 g/mol. The number of amides is 1. The van der Waals surface area contributed by atoms with Gasteiger partial charge in [-0.25, -0.2) is 0 Å². The van der Waals surface area contributed by atoms with Gasteiger partial charge in [-0.2, -0.15) is 0 Å². The molecule has 116 valence electrons. The summed E-state index contributed by atoms with van der Waals surface area (Å²) in [5, 5.41) is 0.902. The minimum atomic E-state index is 0.0383. The van der Waals surface area contributed by atoms with Crippen LogP contribution in [0.4, 0.5) is 0 Å². The quantitative estimate of drug-likeness (QED) is 0.702. The number of carbonyl (C=O) groups is 1. The van der Waals surface area contributed by atoms with Crippen molar-refractivity contribution in [1.29, 1.82) is 0 Å². The van der Waals surface area contributed by atoms with Gasteiger partial charge in [0.1, 0.15) is 0 Å². The molecule has 1 aliphatic carbocycles. The summed E-state index contributed by atoms with van der Waals surface area (Å²) in [6.45, 7) is 0.773. The fourth-order valence-electron chi connectivity index (χ4n) is 2.59. The smallest absolute Gasteiger partial charge is 0.258 e. The number of carbonyl (C=O) groups excluding carboxylic acids is 1. The molecule has 0 N–H and O–H groups in total. The van der Waals surface area contributed by atoms with Crippen LogP contribution in [0.15, 0.2) is 18.2 Å². The van der Waals surface area contributed by atoms with Crippen molar-refractivity contribution in [3.63, 3.8) is 0 Å². The van der Waals surface area contributed by atoms with E-state index in [4.69, 9.17) is 9.47 Å². The van der Waals surface area contributed by atoms with Gasteiger partial charge in [0.25, 0.3) is 5.91 Å². The highest BCUT2D eigenvalue weighted by molar-refractivity contribution is 9.09. The van der Waals surface area contributed by atoms with Crippen molar-refractivity contribution in [2.45, 2.75) is 31.7 Å². The van der Waals surface area contributed by atoms with Crippen LogP contribution in [0.1, 0.15) is 36.0 Å². The Morgan fingerprint density at radius 1 is 1.33 bits per heavy atom. The molecular formula is C16H22BrNO3. The van der Waals surface area contributed by atoms with Gasteiger partial charge < -0.3 is 14.4 Å². The Morgan fingerprint density at radius 3 is 2.62 bits per heavy atom. The van der Waals surface area contributed by atoms with Gasteiger partial charge in [0, 0.05) is 17.9 Å². The fraction of sp³-hybridized carbons (Fsp3) is 0.562. The Morgan fingerprint density at radius 2 is 2.10 bits per heavy atom. The number of para-hydroxylation sites is 1. The average molecular weight is 356 g/mol. The molecule has 21 heavy (non-hydrogen) atoms. The molecule has 0 saturated heterocycles. The summed E-state index contributed by atoms with van der Waals surface area (Å²) in [5.41, 5.74) is 0.582. The molecule has 1 aromatic rings. The third kappa shape index (κ3) is 3.51. The highest BCUT2D eigenvalue weighted by atomic mass is 79.9. The van der Waals surface area contributed by atoms with Crippen molar-refractivity contribution >= 4 is 21.8 Å². The Labute approximate surface area is 134 Å². The van der Waals surface area contributed by atoms with Gasteiger partial charge in [-0.3, -0.25) is 4.79 Å². The molecule has 0 heterocycles. The lowest BCUT2D eigenvalue weighted by atomic mass is 9.90. The maximum atomic E-state index is 12.9. The molecule has 5 heteroatoms. The largest absolute Gasteiger partial charge is 0.493 e. The number of alkyl halides is 1. The first-order valence-corrected chi connectivity index (χ1v) is 8.43. The lowest BCUT2D eigenvalue weighted by Gasteiger charge is -2.38. The first-order valence-electron chi connectivity index (χ1n) is 7.30. The molecule has 1 saturated carbocycles. The Bertz CT molecular complexity index is 488. The zero-order valence-corrected chi connectivity index (χ0v) is 14.2. The van der Waals surface area contributed by atoms with Crippen LogP contribution in [0.3, 0.4) is 0 Å². The predicted molar refractivity (Wildman–Crippen MR) is 86.6 cm³/mol. The number of hydrogen-bond acceptors (Lipinski definition) is 3. The number of ether oxygens (including phenoxy) is 2. The second-order valence-corrected chi connectivity index (χ2v) is 5.96. The van der Waals surface area contributed by atoms with Crippen molar-refractivity contribution in [3.8, 4) is 11.5 Å². The molecule has 0 spiro atoms. The van der Waals surface area contributed by atoms with Crippen molar-refractivity contribution in [2.24, 2.45) is 0 Å². The van der Waals surface area contributed by atoms with E-state index in [-0.39, 0.29) is 5.91 Å². The molecule has 0 atom stereocenters. The number of halogens is 1. The Balaban J connectivity index is 2.27. The standard InChI is InChI=1S/C16H22BrNO3/c1-20-14-9-4-8-13(15(14)21-2)16(19)18(11-5-10-17)12-6-3-7-12/h4,8-9,12H,3,5-7,10-11H2,1-2H3. The van der Waals surface area contributed by atoms with Gasteiger partial charge in [0.2, 0.25) is 0 Å². The van der Waals surface area contributed by atoms with E-state index in [0.29, 0.717) is 23.1 Å². The van der Waals surface area contributed by atoms with Gasteiger partial charge in [-0.15, -0.1) is 0 Å². The van der Waals surface area contributed by atoms with E-state index in [1.54, 1.807) is 14.2 Å². The van der Waals surface area contributed by atoms with E-state index in [1.165, 1.54) is 6.42 Å². The summed E-state index contributed by atoms with van der Waals surface area (Å²) >= 11 is 3.44. The summed E-state index contributed by atoms with van der Waals surface area (Å²) < 4.78 is 10.7. The highest BCUT2D eigenvalue weighted by Crippen LogP contribution is 2.34. The number of benzene rings is 1. The lowest BCUT2D eigenvalue weighted by molar-refractivity contribution is 0.0577. The zero-order valence-electron chi connectivity index (χ0n) is 12.6. The summed E-state index contributed by atoms with van der Waals surface area (Å²) in [4.78, 5) is 14.9. The number of methoxy groups -OCH3 is 2. The minimum absolute atomic E-state index is 0.0383. The zero-order chi connectivity index (χ0) is 15.2. The average Bonchev–Trinajstić information content (AvgIpc) is 2.47. The van der Waals surface area contributed by atoms with Crippen molar-refractivity contribution < 1.29 is 14.3 Å². The van der Waals surface area contributed by atoms with Crippen LogP contribution in [0.5, 0.6) is 11.5 Å². The van der Waals surface area contributed by atoms with Crippen LogP contribution in [0, 0.1) is 0 Å². The lowest BCUT2D eigenvalue weighted by Crippen LogP contribution is -2.45. The molecular weight excluding hydrogens is 334 g/mol. The van der Waals surface area contributed by atoms with Crippen LogP contribution in [-0.2, 0) is 0 Å². The molecule has 0 bridgehead atoms. The van der Waals surface area contributed by atoms with Crippen LogP contribution < -0.4 is 9.47 Å². The van der Waals surface area contributed by atoms with Gasteiger partial charge >= 0.3 is 0 Å². The maximum Gasteiger partial charge on any atom is 0.258 e. The van der Waals surface area contributed by atoms with E-state index in [1.807, 2.05) is 23.1 Å². The summed E-state index contributed by atoms with van der Waals surface area (Å²) in [7, 11) is 3.15. The summed E-state index contributed by atoms with van der Waals surface area (Å²) in [5.74, 6) is 1.15. The second kappa shape index (κ2) is 7.69. The molecule has 1 fully saturated rings. The van der Waals surface area contributed by atoms with E-state index in [0.717, 1.165) is 31.1 Å². The van der Waals surface area contributed by atoms with E-state index in [9.17, 15) is 4.79 Å². The van der Waals surface area contributed by atoms with Crippen LogP contribution in [0.2, 0.25) is 0 Å². The third-order valence-electron chi connectivity index (χ3n) is 3.94. The van der Waals surface area contributed by atoms with Crippen LogP contribution in [-0.4, -0.2) is 42.9 Å². The van der Waals surface area contributed by atoms with Crippen LogP contribution in [0.25, 0.3) is 0 Å². The molecule has 4 nitrogen and oxygen atoms in total. The fourth-order valence-corrected chi connectivity index (χ4v) is 2.84.